The highest BCUT2D eigenvalue weighted by atomic mass is 79.9. The van der Waals surface area contributed by atoms with Crippen molar-refractivity contribution in [3.8, 4) is 0 Å². The molecule has 23 heavy (non-hydrogen) atoms. The smallest absolute Gasteiger partial charge is 0.261 e. The lowest BCUT2D eigenvalue weighted by Crippen LogP contribution is -2.28. The summed E-state index contributed by atoms with van der Waals surface area (Å²) >= 11 is 3.35. The zero-order valence-electron chi connectivity index (χ0n) is 12.4. The van der Waals surface area contributed by atoms with Gasteiger partial charge in [-0.3, -0.25) is 14.2 Å². The lowest BCUT2D eigenvalue weighted by atomic mass is 10.1. The lowest BCUT2D eigenvalue weighted by molar-refractivity contribution is -0.116. The van der Waals surface area contributed by atoms with Crippen LogP contribution in [0.3, 0.4) is 0 Å². The Morgan fingerprint density at radius 1 is 1.26 bits per heavy atom. The van der Waals surface area contributed by atoms with Crippen molar-refractivity contribution in [2.24, 2.45) is 0 Å². The number of rotatable bonds is 3. The lowest BCUT2D eigenvalue weighted by Gasteiger charge is -2.09. The fourth-order valence-electron chi connectivity index (χ4n) is 2.37. The van der Waals surface area contributed by atoms with Gasteiger partial charge in [-0.25, -0.2) is 4.98 Å². The third kappa shape index (κ3) is 3.32. The molecule has 3 rings (SSSR count). The molecule has 0 saturated heterocycles. The van der Waals surface area contributed by atoms with E-state index in [0.29, 0.717) is 16.6 Å². The highest BCUT2D eigenvalue weighted by molar-refractivity contribution is 9.10. The summed E-state index contributed by atoms with van der Waals surface area (Å²) in [5.41, 5.74) is 2.05. The number of carbonyl (C=O) groups excluding carboxylic acids is 1. The molecule has 0 unspecified atom stereocenters. The Hall–Kier alpha value is -2.47. The van der Waals surface area contributed by atoms with Gasteiger partial charge in [0.2, 0.25) is 5.91 Å². The maximum absolute atomic E-state index is 12.5. The largest absolute Gasteiger partial charge is 0.324 e. The summed E-state index contributed by atoms with van der Waals surface area (Å²) in [4.78, 5) is 28.9. The van der Waals surface area contributed by atoms with E-state index in [4.69, 9.17) is 0 Å². The van der Waals surface area contributed by atoms with Crippen LogP contribution >= 0.6 is 15.9 Å². The number of carbonyl (C=O) groups is 1. The van der Waals surface area contributed by atoms with E-state index in [1.165, 1.54) is 10.9 Å². The molecule has 0 aliphatic rings. The fourth-order valence-corrected chi connectivity index (χ4v) is 2.77. The number of aromatic nitrogens is 2. The third-order valence-corrected chi connectivity index (χ3v) is 3.97. The van der Waals surface area contributed by atoms with Crippen LogP contribution in [0.1, 0.15) is 5.56 Å². The van der Waals surface area contributed by atoms with E-state index in [9.17, 15) is 9.59 Å². The molecule has 1 amide bonds. The van der Waals surface area contributed by atoms with Crippen molar-refractivity contribution in [2.75, 3.05) is 5.32 Å². The highest BCUT2D eigenvalue weighted by Crippen LogP contribution is 2.15. The van der Waals surface area contributed by atoms with Crippen molar-refractivity contribution < 1.29 is 4.79 Å². The normalized spacial score (nSPS) is 10.7. The van der Waals surface area contributed by atoms with E-state index < -0.39 is 0 Å². The molecule has 0 bridgehead atoms. The molecule has 0 atom stereocenters. The van der Waals surface area contributed by atoms with E-state index in [1.807, 2.05) is 31.2 Å². The van der Waals surface area contributed by atoms with Gasteiger partial charge in [-0.05, 0) is 36.8 Å². The average molecular weight is 372 g/mol. The minimum atomic E-state index is -0.279. The van der Waals surface area contributed by atoms with E-state index in [1.54, 1.807) is 18.2 Å². The van der Waals surface area contributed by atoms with Crippen molar-refractivity contribution in [1.29, 1.82) is 0 Å². The first-order valence-electron chi connectivity index (χ1n) is 7.05. The Bertz CT molecular complexity index is 950. The van der Waals surface area contributed by atoms with Gasteiger partial charge in [0.25, 0.3) is 5.56 Å². The van der Waals surface area contributed by atoms with Crippen LogP contribution in [0, 0.1) is 6.92 Å². The molecule has 0 saturated carbocycles. The summed E-state index contributed by atoms with van der Waals surface area (Å²) in [6.07, 6.45) is 1.41. The standard InChI is InChI=1S/C17H14BrN3O2/c1-11-4-2-7-14-16(11)19-10-21(17(14)23)9-15(22)20-13-6-3-5-12(18)8-13/h2-8,10H,9H2,1H3,(H,20,22). The Morgan fingerprint density at radius 2 is 2.04 bits per heavy atom. The molecule has 2 aromatic carbocycles. The molecule has 6 heteroatoms. The molecule has 0 spiro atoms. The number of benzene rings is 2. The summed E-state index contributed by atoms with van der Waals surface area (Å²) < 4.78 is 2.19. The molecule has 0 fully saturated rings. The molecule has 5 nitrogen and oxygen atoms in total. The maximum atomic E-state index is 12.5. The number of nitrogens with zero attached hydrogens (tertiary/aromatic N) is 2. The zero-order valence-corrected chi connectivity index (χ0v) is 14.0. The van der Waals surface area contributed by atoms with Crippen molar-refractivity contribution in [2.45, 2.75) is 13.5 Å². The number of hydrogen-bond donors (Lipinski definition) is 1. The van der Waals surface area contributed by atoms with Gasteiger partial charge in [-0.2, -0.15) is 0 Å². The van der Waals surface area contributed by atoms with Crippen molar-refractivity contribution in [1.82, 2.24) is 9.55 Å². The van der Waals surface area contributed by atoms with E-state index in [2.05, 4.69) is 26.2 Å². The molecular weight excluding hydrogens is 358 g/mol. The molecule has 0 aliphatic carbocycles. The van der Waals surface area contributed by atoms with Gasteiger partial charge in [0.1, 0.15) is 6.54 Å². The Labute approximate surface area is 141 Å². The predicted molar refractivity (Wildman–Crippen MR) is 93.5 cm³/mol. The van der Waals surface area contributed by atoms with Crippen molar-refractivity contribution >= 4 is 38.4 Å². The van der Waals surface area contributed by atoms with Gasteiger partial charge in [0.15, 0.2) is 0 Å². The van der Waals surface area contributed by atoms with Gasteiger partial charge in [-0.1, -0.05) is 34.1 Å². The molecule has 1 aromatic heterocycles. The van der Waals surface area contributed by atoms with E-state index in [0.717, 1.165) is 10.0 Å². The molecule has 3 aromatic rings. The first-order valence-corrected chi connectivity index (χ1v) is 7.84. The monoisotopic (exact) mass is 371 g/mol. The van der Waals surface area contributed by atoms with Crippen LogP contribution in [0.5, 0.6) is 0 Å². The Balaban J connectivity index is 1.85. The summed E-state index contributed by atoms with van der Waals surface area (Å²) in [7, 11) is 0. The van der Waals surface area contributed by atoms with Crippen molar-refractivity contribution in [3.63, 3.8) is 0 Å². The van der Waals surface area contributed by atoms with Crippen LogP contribution < -0.4 is 10.9 Å². The number of halogens is 1. The number of hydrogen-bond acceptors (Lipinski definition) is 3. The second kappa shape index (κ2) is 6.34. The van der Waals surface area contributed by atoms with Crippen LogP contribution in [0.25, 0.3) is 10.9 Å². The second-order valence-electron chi connectivity index (χ2n) is 5.21. The quantitative estimate of drug-likeness (QED) is 0.769. The van der Waals surface area contributed by atoms with Crippen LogP contribution in [0.4, 0.5) is 5.69 Å². The summed E-state index contributed by atoms with van der Waals surface area (Å²) in [5.74, 6) is -0.279. The number of aryl methyl sites for hydroxylation is 1. The molecule has 0 radical (unpaired) electrons. The van der Waals surface area contributed by atoms with Gasteiger partial charge in [-0.15, -0.1) is 0 Å². The summed E-state index contributed by atoms with van der Waals surface area (Å²) in [6, 6.07) is 12.7. The minimum Gasteiger partial charge on any atom is -0.324 e. The summed E-state index contributed by atoms with van der Waals surface area (Å²) in [6.45, 7) is 1.82. The first-order chi connectivity index (χ1) is 11.0. The number of amides is 1. The Kier molecular flexibility index (Phi) is 4.25. The third-order valence-electron chi connectivity index (χ3n) is 3.48. The SMILES string of the molecule is Cc1cccc2c(=O)n(CC(=O)Nc3cccc(Br)c3)cnc12. The highest BCUT2D eigenvalue weighted by Gasteiger charge is 2.09. The molecule has 1 heterocycles. The fraction of sp³-hybridized carbons (Fsp3) is 0.118. The molecular formula is C17H14BrN3O2. The van der Waals surface area contributed by atoms with Crippen LogP contribution in [0.2, 0.25) is 0 Å². The topological polar surface area (TPSA) is 64.0 Å². The van der Waals surface area contributed by atoms with Gasteiger partial charge in [0, 0.05) is 10.2 Å². The predicted octanol–water partition coefficient (Wildman–Crippen LogP) is 3.11. The van der Waals surface area contributed by atoms with Crippen LogP contribution in [-0.2, 0) is 11.3 Å². The van der Waals surface area contributed by atoms with Gasteiger partial charge >= 0.3 is 0 Å². The molecule has 0 aliphatic heterocycles. The minimum absolute atomic E-state index is 0.0811. The van der Waals surface area contributed by atoms with Gasteiger partial charge < -0.3 is 5.32 Å². The van der Waals surface area contributed by atoms with Crippen LogP contribution in [-0.4, -0.2) is 15.5 Å². The second-order valence-corrected chi connectivity index (χ2v) is 6.12. The maximum Gasteiger partial charge on any atom is 0.261 e. The summed E-state index contributed by atoms with van der Waals surface area (Å²) in [5, 5.41) is 3.28. The van der Waals surface area contributed by atoms with E-state index >= 15 is 0 Å². The number of anilines is 1. The number of nitrogens with one attached hydrogen (secondary N) is 1. The van der Waals surface area contributed by atoms with Gasteiger partial charge in [0.05, 0.1) is 17.2 Å². The zero-order chi connectivity index (χ0) is 16.4. The average Bonchev–Trinajstić information content (AvgIpc) is 2.51. The molecule has 1 N–H and O–H groups in total. The van der Waals surface area contributed by atoms with Crippen LogP contribution in [0.15, 0.2) is 58.1 Å². The Morgan fingerprint density at radius 3 is 2.83 bits per heavy atom. The van der Waals surface area contributed by atoms with Crippen molar-refractivity contribution in [3.05, 3.63) is 69.2 Å². The number of fused-ring (bicyclic) bond motifs is 1. The van der Waals surface area contributed by atoms with E-state index in [-0.39, 0.29) is 18.0 Å². The number of para-hydroxylation sites is 1. The molecule has 116 valence electrons. The first kappa shape index (κ1) is 15.4.